The van der Waals surface area contributed by atoms with Gasteiger partial charge in [-0.25, -0.2) is 0 Å². The molecule has 1 aromatic heterocycles. The lowest BCUT2D eigenvalue weighted by Crippen LogP contribution is -1.82. The van der Waals surface area contributed by atoms with Gasteiger partial charge in [0.25, 0.3) is 0 Å². The molecule has 4 aromatic rings. The minimum absolute atomic E-state index is 0.925. The van der Waals surface area contributed by atoms with Crippen molar-refractivity contribution in [1.82, 2.24) is 0 Å². The third kappa shape index (κ3) is 1.98. The Morgan fingerprint density at radius 2 is 1.62 bits per heavy atom. The van der Waals surface area contributed by atoms with Gasteiger partial charge in [-0.15, -0.1) is 0 Å². The molecule has 102 valence electrons. The lowest BCUT2D eigenvalue weighted by Gasteiger charge is -2.06. The Morgan fingerprint density at radius 1 is 0.810 bits per heavy atom. The van der Waals surface area contributed by atoms with Crippen molar-refractivity contribution in [3.8, 4) is 11.1 Å². The van der Waals surface area contributed by atoms with Crippen LogP contribution in [0, 0.1) is 6.92 Å². The fourth-order valence-corrected chi connectivity index (χ4v) is 3.22. The third-order valence-electron chi connectivity index (χ3n) is 3.89. The zero-order valence-corrected chi connectivity index (χ0v) is 13.1. The number of halogens is 1. The molecule has 0 radical (unpaired) electrons. The van der Waals surface area contributed by atoms with Crippen LogP contribution in [0.15, 0.2) is 69.6 Å². The molecule has 0 atom stereocenters. The van der Waals surface area contributed by atoms with Crippen LogP contribution in [0.4, 0.5) is 0 Å². The van der Waals surface area contributed by atoms with Crippen molar-refractivity contribution in [1.29, 1.82) is 0 Å². The monoisotopic (exact) mass is 336 g/mol. The van der Waals surface area contributed by atoms with Gasteiger partial charge in [-0.3, -0.25) is 0 Å². The van der Waals surface area contributed by atoms with Gasteiger partial charge in [-0.2, -0.15) is 0 Å². The molecular weight excluding hydrogens is 324 g/mol. The molecule has 1 heterocycles. The van der Waals surface area contributed by atoms with E-state index in [1.54, 1.807) is 0 Å². The molecule has 0 spiro atoms. The van der Waals surface area contributed by atoms with Crippen LogP contribution in [0.3, 0.4) is 0 Å². The fraction of sp³-hybridized carbons (Fsp3) is 0.0526. The topological polar surface area (TPSA) is 13.1 Å². The first-order chi connectivity index (χ1) is 10.2. The lowest BCUT2D eigenvalue weighted by atomic mass is 9.98. The number of hydrogen-bond acceptors (Lipinski definition) is 1. The number of aryl methyl sites for hydroxylation is 1. The van der Waals surface area contributed by atoms with Gasteiger partial charge in [0.2, 0.25) is 0 Å². The van der Waals surface area contributed by atoms with Crippen molar-refractivity contribution in [2.24, 2.45) is 0 Å². The number of benzene rings is 3. The first kappa shape index (κ1) is 12.7. The summed E-state index contributed by atoms with van der Waals surface area (Å²) in [5, 5.41) is 2.31. The molecule has 0 saturated heterocycles. The van der Waals surface area contributed by atoms with Crippen molar-refractivity contribution in [2.75, 3.05) is 0 Å². The zero-order chi connectivity index (χ0) is 14.4. The molecule has 4 rings (SSSR count). The normalized spacial score (nSPS) is 11.3. The van der Waals surface area contributed by atoms with Crippen LogP contribution < -0.4 is 0 Å². The average Bonchev–Trinajstić information content (AvgIpc) is 2.86. The Labute approximate surface area is 131 Å². The third-order valence-corrected chi connectivity index (χ3v) is 4.39. The van der Waals surface area contributed by atoms with Crippen molar-refractivity contribution in [3.63, 3.8) is 0 Å². The summed E-state index contributed by atoms with van der Waals surface area (Å²) < 4.78 is 7.20. The molecule has 0 fully saturated rings. The standard InChI is InChI=1S/C19H13BrO/c1-12-5-2-3-6-14(12)15-7-4-8-16-17-11-13(20)9-10-18(17)21-19(15)16/h2-11H,1H3. The molecular formula is C19H13BrO. The van der Waals surface area contributed by atoms with Gasteiger partial charge >= 0.3 is 0 Å². The molecule has 0 saturated carbocycles. The summed E-state index contributed by atoms with van der Waals surface area (Å²) in [5.41, 5.74) is 5.51. The van der Waals surface area contributed by atoms with Gasteiger partial charge in [0.05, 0.1) is 0 Å². The maximum Gasteiger partial charge on any atom is 0.143 e. The van der Waals surface area contributed by atoms with Crippen molar-refractivity contribution in [3.05, 3.63) is 70.7 Å². The second kappa shape index (κ2) is 4.74. The van der Waals surface area contributed by atoms with Crippen LogP contribution in [0.5, 0.6) is 0 Å². The molecule has 0 aliphatic heterocycles. The van der Waals surface area contributed by atoms with Gasteiger partial charge in [0.1, 0.15) is 11.2 Å². The summed E-state index contributed by atoms with van der Waals surface area (Å²) >= 11 is 3.54. The molecule has 0 unspecified atom stereocenters. The number of fused-ring (bicyclic) bond motifs is 3. The Morgan fingerprint density at radius 3 is 2.48 bits per heavy atom. The molecule has 2 heteroatoms. The van der Waals surface area contributed by atoms with E-state index in [2.05, 4.69) is 71.4 Å². The molecule has 0 aliphatic carbocycles. The molecule has 0 bridgehead atoms. The van der Waals surface area contributed by atoms with E-state index in [-0.39, 0.29) is 0 Å². The second-order valence-electron chi connectivity index (χ2n) is 5.24. The first-order valence-electron chi connectivity index (χ1n) is 6.91. The smallest absolute Gasteiger partial charge is 0.143 e. The van der Waals surface area contributed by atoms with E-state index in [0.29, 0.717) is 0 Å². The molecule has 0 amide bonds. The Bertz CT molecular complexity index is 966. The van der Waals surface area contributed by atoms with Crippen LogP contribution >= 0.6 is 15.9 Å². The molecule has 21 heavy (non-hydrogen) atoms. The molecule has 3 aromatic carbocycles. The quantitative estimate of drug-likeness (QED) is 0.396. The predicted molar refractivity (Wildman–Crippen MR) is 91.6 cm³/mol. The summed E-state index contributed by atoms with van der Waals surface area (Å²) in [6, 6.07) is 20.9. The van der Waals surface area contributed by atoms with E-state index in [1.165, 1.54) is 11.1 Å². The van der Waals surface area contributed by atoms with Crippen LogP contribution in [0.25, 0.3) is 33.1 Å². The van der Waals surface area contributed by atoms with Gasteiger partial charge in [0, 0.05) is 20.8 Å². The van der Waals surface area contributed by atoms with Crippen molar-refractivity contribution < 1.29 is 4.42 Å². The highest BCUT2D eigenvalue weighted by Gasteiger charge is 2.13. The summed E-state index contributed by atoms with van der Waals surface area (Å²) in [6.45, 7) is 2.13. The van der Waals surface area contributed by atoms with Crippen LogP contribution in [0.2, 0.25) is 0 Å². The van der Waals surface area contributed by atoms with Gasteiger partial charge in [-0.05, 0) is 36.2 Å². The van der Waals surface area contributed by atoms with Gasteiger partial charge in [-0.1, -0.05) is 58.4 Å². The lowest BCUT2D eigenvalue weighted by molar-refractivity contribution is 0.670. The van der Waals surface area contributed by atoms with Gasteiger partial charge < -0.3 is 4.42 Å². The van der Waals surface area contributed by atoms with Crippen LogP contribution in [0.1, 0.15) is 5.56 Å². The Kier molecular flexibility index (Phi) is 2.86. The summed E-state index contributed by atoms with van der Waals surface area (Å²) in [7, 11) is 0. The minimum Gasteiger partial charge on any atom is -0.455 e. The second-order valence-corrected chi connectivity index (χ2v) is 6.16. The first-order valence-corrected chi connectivity index (χ1v) is 7.70. The summed E-state index contributed by atoms with van der Waals surface area (Å²) in [5.74, 6) is 0. The van der Waals surface area contributed by atoms with Crippen molar-refractivity contribution in [2.45, 2.75) is 6.92 Å². The number of furan rings is 1. The summed E-state index contributed by atoms with van der Waals surface area (Å²) in [4.78, 5) is 0. The zero-order valence-electron chi connectivity index (χ0n) is 11.6. The Hall–Kier alpha value is -2.06. The molecule has 1 nitrogen and oxygen atoms in total. The number of para-hydroxylation sites is 1. The SMILES string of the molecule is Cc1ccccc1-c1cccc2c1oc1ccc(Br)cc12. The van der Waals surface area contributed by atoms with E-state index >= 15 is 0 Å². The maximum atomic E-state index is 6.13. The van der Waals surface area contributed by atoms with E-state index < -0.39 is 0 Å². The number of rotatable bonds is 1. The van der Waals surface area contributed by atoms with Crippen LogP contribution in [-0.2, 0) is 0 Å². The minimum atomic E-state index is 0.925. The highest BCUT2D eigenvalue weighted by atomic mass is 79.9. The predicted octanol–water partition coefficient (Wildman–Crippen LogP) is 6.32. The molecule has 0 N–H and O–H groups in total. The van der Waals surface area contributed by atoms with E-state index in [0.717, 1.165) is 32.0 Å². The average molecular weight is 337 g/mol. The highest BCUT2D eigenvalue weighted by Crippen LogP contribution is 2.37. The fourth-order valence-electron chi connectivity index (χ4n) is 2.86. The van der Waals surface area contributed by atoms with E-state index in [1.807, 2.05) is 12.1 Å². The number of hydrogen-bond donors (Lipinski definition) is 0. The Balaban J connectivity index is 2.12. The van der Waals surface area contributed by atoms with E-state index in [9.17, 15) is 0 Å². The van der Waals surface area contributed by atoms with Gasteiger partial charge in [0.15, 0.2) is 0 Å². The van der Waals surface area contributed by atoms with Crippen LogP contribution in [-0.4, -0.2) is 0 Å². The van der Waals surface area contributed by atoms with Crippen molar-refractivity contribution >= 4 is 37.9 Å². The highest BCUT2D eigenvalue weighted by molar-refractivity contribution is 9.10. The molecule has 0 aliphatic rings. The summed E-state index contributed by atoms with van der Waals surface area (Å²) in [6.07, 6.45) is 0. The largest absolute Gasteiger partial charge is 0.455 e. The maximum absolute atomic E-state index is 6.13. The van der Waals surface area contributed by atoms with E-state index in [4.69, 9.17) is 4.42 Å².